The molecule has 0 aromatic rings. The van der Waals surface area contributed by atoms with Crippen LogP contribution in [-0.2, 0) is 36.6 Å². The van der Waals surface area contributed by atoms with Gasteiger partial charge in [-0.15, -0.1) is 0 Å². The summed E-state index contributed by atoms with van der Waals surface area (Å²) in [5.41, 5.74) is 0. The minimum Gasteiger partial charge on any atom is 0 e. The van der Waals surface area contributed by atoms with Crippen LogP contribution in [0.5, 0.6) is 0 Å². The topological polar surface area (TPSA) is 17.1 Å². The molecule has 0 aromatic heterocycles. The standard InChI is InChI=1S/Ba.Co.Fe.O.Sr. The Morgan fingerprint density at radius 1 is 1.20 bits per heavy atom. The molecule has 0 aliphatic heterocycles. The fourth-order valence-electron chi connectivity index (χ4n) is 0. The van der Waals surface area contributed by atoms with Crippen LogP contribution in [0.1, 0.15) is 0 Å². The van der Waals surface area contributed by atoms with Crippen molar-refractivity contribution in [3.05, 3.63) is 0 Å². The summed E-state index contributed by atoms with van der Waals surface area (Å²) in [6.45, 7) is 0. The zero-order chi connectivity index (χ0) is 2.00. The monoisotopic (exact) mass is 357 g/mol. The van der Waals surface area contributed by atoms with Crippen LogP contribution in [0.4, 0.5) is 0 Å². The van der Waals surface area contributed by atoms with Gasteiger partial charge in [-0.1, -0.05) is 0 Å². The summed E-state index contributed by atoms with van der Waals surface area (Å²) in [6.07, 6.45) is 0. The molecule has 5 heavy (non-hydrogen) atoms. The summed E-state index contributed by atoms with van der Waals surface area (Å²) >= 11 is 2.31. The molecule has 0 N–H and O–H groups in total. The molecule has 0 unspecified atom stereocenters. The number of hydrogen-bond acceptors (Lipinski definition) is 1. The molecule has 0 rings (SSSR count). The second-order valence-corrected chi connectivity index (χ2v) is 0. The minimum absolute atomic E-state index is 0. The Kier molecular flexibility index (Phi) is 115. The third-order valence-electron chi connectivity index (χ3n) is 0. The Morgan fingerprint density at radius 3 is 1.20 bits per heavy atom. The Labute approximate surface area is 127 Å². The smallest absolute Gasteiger partial charge is 0 e. The molecule has 0 amide bonds. The van der Waals surface area contributed by atoms with E-state index in [1.54, 1.807) is 0 Å². The van der Waals surface area contributed by atoms with Crippen LogP contribution in [0, 0.1) is 0 Å². The Hall–Kier alpha value is 3.88. The van der Waals surface area contributed by atoms with Gasteiger partial charge in [0.2, 0.25) is 0 Å². The molecule has 1 nitrogen and oxygen atoms in total. The molecule has 0 aliphatic carbocycles. The van der Waals surface area contributed by atoms with Gasteiger partial charge >= 0.3 is 19.5 Å². The molecule has 0 aromatic carbocycles. The van der Waals surface area contributed by atoms with Crippen molar-refractivity contribution in [3.63, 3.8) is 0 Å². The van der Waals surface area contributed by atoms with Crippen LogP contribution < -0.4 is 0 Å². The van der Waals surface area contributed by atoms with Gasteiger partial charge in [0.1, 0.15) is 0 Å². The zero-order valence-electron chi connectivity index (χ0n) is 2.51. The SMILES string of the molecule is [Ba].[Fe].[O]=[Co].[Sr]. The molecule has 0 aliphatic rings. The van der Waals surface area contributed by atoms with E-state index in [-0.39, 0.29) is 111 Å². The van der Waals surface area contributed by atoms with Gasteiger partial charge in [-0.05, 0) is 0 Å². The molecule has 0 bridgehead atoms. The van der Waals surface area contributed by atoms with Crippen molar-refractivity contribution in [1.29, 1.82) is 0 Å². The summed E-state index contributed by atoms with van der Waals surface area (Å²) < 4.78 is 7.94. The summed E-state index contributed by atoms with van der Waals surface area (Å²) in [5.74, 6) is 0. The van der Waals surface area contributed by atoms with Crippen LogP contribution in [0.15, 0.2) is 0 Å². The first kappa shape index (κ1) is 23.2. The summed E-state index contributed by atoms with van der Waals surface area (Å²) in [5, 5.41) is 0. The average Bonchev–Trinajstić information content (AvgIpc) is 1.00. The quantitative estimate of drug-likeness (QED) is 0.516. The molecule has 0 saturated heterocycles. The molecule has 27 valence electrons. The average molecular weight is 356 g/mol. The summed E-state index contributed by atoms with van der Waals surface area (Å²) in [6, 6.07) is 0. The van der Waals surface area contributed by atoms with Gasteiger partial charge in [-0.25, -0.2) is 0 Å². The van der Waals surface area contributed by atoms with Crippen LogP contribution in [-0.4, -0.2) is 94.4 Å². The van der Waals surface area contributed by atoms with Crippen LogP contribution in [0.3, 0.4) is 0 Å². The van der Waals surface area contributed by atoms with Gasteiger partial charge in [0.15, 0.2) is 0 Å². The van der Waals surface area contributed by atoms with Crippen molar-refractivity contribution < 1.29 is 36.6 Å². The van der Waals surface area contributed by atoms with E-state index >= 15 is 0 Å². The predicted molar refractivity (Wildman–Crippen MR) is 12.2 cm³/mol. The molecule has 4 radical (unpaired) electrons. The van der Waals surface area contributed by atoms with E-state index < -0.39 is 0 Å². The predicted octanol–water partition coefficient (Wildman–Crippen LogP) is -0.885. The Balaban J connectivity index is -0.00000000167. The van der Waals surface area contributed by atoms with E-state index in [0.29, 0.717) is 0 Å². The fourth-order valence-corrected chi connectivity index (χ4v) is 0. The van der Waals surface area contributed by atoms with Crippen LogP contribution in [0.25, 0.3) is 0 Å². The summed E-state index contributed by atoms with van der Waals surface area (Å²) in [4.78, 5) is 0. The maximum Gasteiger partial charge on any atom is 0 e. The zero-order valence-corrected chi connectivity index (χ0v) is 12.6. The van der Waals surface area contributed by atoms with Crippen molar-refractivity contribution in [3.8, 4) is 0 Å². The van der Waals surface area contributed by atoms with Crippen molar-refractivity contribution in [2.24, 2.45) is 0 Å². The van der Waals surface area contributed by atoms with Crippen LogP contribution in [0.2, 0.25) is 0 Å². The first-order chi connectivity index (χ1) is 1.00. The second-order valence-electron chi connectivity index (χ2n) is 0. The molecular formula is BaCoFeOSr. The van der Waals surface area contributed by atoms with Gasteiger partial charge in [0, 0.05) is 111 Å². The third-order valence-corrected chi connectivity index (χ3v) is 0. The molecular weight excluding hydrogens is 356 g/mol. The molecule has 0 fully saturated rings. The third kappa shape index (κ3) is 18.1. The molecule has 5 heteroatoms. The van der Waals surface area contributed by atoms with Crippen molar-refractivity contribution in [2.75, 3.05) is 0 Å². The van der Waals surface area contributed by atoms with Crippen molar-refractivity contribution in [2.45, 2.75) is 0 Å². The largest absolute Gasteiger partial charge is 0 e. The van der Waals surface area contributed by atoms with E-state index in [4.69, 9.17) is 3.87 Å². The number of rotatable bonds is 0. The summed E-state index contributed by atoms with van der Waals surface area (Å²) in [7, 11) is 0. The molecule has 0 atom stereocenters. The molecule has 0 spiro atoms. The van der Waals surface area contributed by atoms with Gasteiger partial charge < -0.3 is 0 Å². The van der Waals surface area contributed by atoms with Crippen molar-refractivity contribution >= 4 is 94.4 Å². The first-order valence-corrected chi connectivity index (χ1v) is 0.561. The minimum atomic E-state index is 0. The van der Waals surface area contributed by atoms with E-state index in [9.17, 15) is 0 Å². The first-order valence-electron chi connectivity index (χ1n) is 0.136. The van der Waals surface area contributed by atoms with E-state index in [0.717, 1.165) is 0 Å². The maximum atomic E-state index is 7.94. The molecule has 0 saturated carbocycles. The van der Waals surface area contributed by atoms with E-state index in [1.165, 1.54) is 0 Å². The Bertz CT molecular complexity index is 11.6. The van der Waals surface area contributed by atoms with E-state index in [1.807, 2.05) is 0 Å². The maximum absolute atomic E-state index is 7.94. The normalized spacial score (nSPS) is 1.00. The molecule has 0 heterocycles. The van der Waals surface area contributed by atoms with Crippen molar-refractivity contribution in [1.82, 2.24) is 0 Å². The second kappa shape index (κ2) is 24.8. The Morgan fingerprint density at radius 2 is 1.20 bits per heavy atom. The van der Waals surface area contributed by atoms with Gasteiger partial charge in [0.05, 0.1) is 0 Å². The van der Waals surface area contributed by atoms with Gasteiger partial charge in [-0.2, -0.15) is 0 Å². The number of hydrogen-bond donors (Lipinski definition) is 0. The van der Waals surface area contributed by atoms with E-state index in [2.05, 4.69) is 15.7 Å². The van der Waals surface area contributed by atoms with Crippen LogP contribution >= 0.6 is 0 Å². The van der Waals surface area contributed by atoms with Gasteiger partial charge in [-0.3, -0.25) is 0 Å². The van der Waals surface area contributed by atoms with Gasteiger partial charge in [0.25, 0.3) is 0 Å². The fraction of sp³-hybridized carbons (Fsp3) is 0.